The minimum Gasteiger partial charge on any atom is -0.454 e. The molecule has 0 saturated carbocycles. The third-order valence-electron chi connectivity index (χ3n) is 4.06. The Kier molecular flexibility index (Phi) is 5.28. The number of nitrogens with zero attached hydrogens (tertiary/aromatic N) is 1. The number of anilines is 1. The Hall–Kier alpha value is -3.23. The lowest BCUT2D eigenvalue weighted by molar-refractivity contribution is 0.441. The van der Waals surface area contributed by atoms with Crippen molar-refractivity contribution in [2.45, 2.75) is 4.90 Å². The molecule has 0 unspecified atom stereocenters. The van der Waals surface area contributed by atoms with Crippen molar-refractivity contribution in [1.82, 2.24) is 4.98 Å². The van der Waals surface area contributed by atoms with E-state index in [0.717, 1.165) is 28.5 Å². The molecule has 146 valence electrons. The van der Waals surface area contributed by atoms with E-state index in [1.165, 1.54) is 18.3 Å². The molecule has 4 rings (SSSR count). The summed E-state index contributed by atoms with van der Waals surface area (Å²) in [5.74, 6) is -0.398. The van der Waals surface area contributed by atoms with Crippen LogP contribution >= 0.6 is 11.3 Å². The Morgan fingerprint density at radius 2 is 1.66 bits per heavy atom. The molecule has 29 heavy (non-hydrogen) atoms. The largest absolute Gasteiger partial charge is 0.454 e. The van der Waals surface area contributed by atoms with Crippen LogP contribution in [-0.4, -0.2) is 13.4 Å². The molecule has 0 aliphatic heterocycles. The fraction of sp³-hybridized carbons (Fsp3) is 0. The zero-order valence-electron chi connectivity index (χ0n) is 14.9. The zero-order chi connectivity index (χ0) is 20.3. The van der Waals surface area contributed by atoms with E-state index < -0.39 is 15.8 Å². The average molecular weight is 426 g/mol. The van der Waals surface area contributed by atoms with Gasteiger partial charge in [-0.1, -0.05) is 42.5 Å². The summed E-state index contributed by atoms with van der Waals surface area (Å²) in [7, 11) is -3.93. The van der Waals surface area contributed by atoms with Gasteiger partial charge in [-0.25, -0.2) is 17.8 Å². The van der Waals surface area contributed by atoms with Gasteiger partial charge in [-0.2, -0.15) is 0 Å². The fourth-order valence-electron chi connectivity index (χ4n) is 2.65. The molecular weight excluding hydrogens is 411 g/mol. The number of aromatic nitrogens is 1. The second-order valence-corrected chi connectivity index (χ2v) is 8.60. The molecule has 5 nitrogen and oxygen atoms in total. The lowest BCUT2D eigenvalue weighted by atomic mass is 10.1. The Labute approximate surface area is 171 Å². The van der Waals surface area contributed by atoms with Crippen molar-refractivity contribution < 1.29 is 17.5 Å². The molecule has 0 fully saturated rings. The van der Waals surface area contributed by atoms with Crippen LogP contribution in [0.5, 0.6) is 11.5 Å². The molecule has 1 heterocycles. The van der Waals surface area contributed by atoms with E-state index in [1.54, 1.807) is 17.5 Å². The van der Waals surface area contributed by atoms with Gasteiger partial charge in [-0.3, -0.25) is 4.72 Å². The molecule has 8 heteroatoms. The van der Waals surface area contributed by atoms with Crippen LogP contribution in [0, 0.1) is 5.82 Å². The Bertz CT molecular complexity index is 1210. The summed E-state index contributed by atoms with van der Waals surface area (Å²) in [6, 6.07) is 20.5. The maximum absolute atomic E-state index is 14.5. The molecule has 0 bridgehead atoms. The van der Waals surface area contributed by atoms with E-state index in [0.29, 0.717) is 5.75 Å². The number of ether oxygens (including phenoxy) is 1. The van der Waals surface area contributed by atoms with Gasteiger partial charge >= 0.3 is 0 Å². The second-order valence-electron chi connectivity index (χ2n) is 6.03. The number of halogens is 1. The van der Waals surface area contributed by atoms with Gasteiger partial charge in [0.2, 0.25) is 0 Å². The summed E-state index contributed by atoms with van der Waals surface area (Å²) >= 11 is 1.13. The van der Waals surface area contributed by atoms with Crippen LogP contribution in [0.25, 0.3) is 11.1 Å². The first-order chi connectivity index (χ1) is 14.0. The molecule has 0 spiro atoms. The predicted octanol–water partition coefficient (Wildman–Crippen LogP) is 5.54. The van der Waals surface area contributed by atoms with Crippen LogP contribution in [0.3, 0.4) is 0 Å². The summed E-state index contributed by atoms with van der Waals surface area (Å²) in [5, 5.41) is 1.85. The molecule has 0 aliphatic rings. The molecule has 3 aromatic carbocycles. The van der Waals surface area contributed by atoms with E-state index >= 15 is 0 Å². The third-order valence-corrected chi connectivity index (χ3v) is 6.21. The number of hydrogen-bond acceptors (Lipinski definition) is 5. The zero-order valence-corrected chi connectivity index (χ0v) is 16.6. The van der Waals surface area contributed by atoms with Crippen LogP contribution in [-0.2, 0) is 10.0 Å². The fourth-order valence-corrected chi connectivity index (χ4v) is 4.45. The van der Waals surface area contributed by atoms with Gasteiger partial charge in [-0.05, 0) is 41.5 Å². The maximum atomic E-state index is 14.5. The van der Waals surface area contributed by atoms with Crippen molar-refractivity contribution in [2.24, 2.45) is 0 Å². The summed E-state index contributed by atoms with van der Waals surface area (Å²) in [6.07, 6.45) is 1.48. The topological polar surface area (TPSA) is 68.3 Å². The second kappa shape index (κ2) is 8.02. The first-order valence-corrected chi connectivity index (χ1v) is 10.9. The van der Waals surface area contributed by atoms with E-state index in [2.05, 4.69) is 9.71 Å². The smallest absolute Gasteiger partial charge is 0.263 e. The van der Waals surface area contributed by atoms with Gasteiger partial charge in [-0.15, -0.1) is 11.3 Å². The first-order valence-electron chi connectivity index (χ1n) is 8.56. The number of benzene rings is 3. The highest BCUT2D eigenvalue weighted by molar-refractivity contribution is 7.93. The van der Waals surface area contributed by atoms with Crippen molar-refractivity contribution in [3.8, 4) is 22.6 Å². The lowest BCUT2D eigenvalue weighted by Crippen LogP contribution is -2.13. The predicted molar refractivity (Wildman–Crippen MR) is 111 cm³/mol. The van der Waals surface area contributed by atoms with Crippen LogP contribution in [0.2, 0.25) is 0 Å². The summed E-state index contributed by atoms with van der Waals surface area (Å²) < 4.78 is 47.0. The molecule has 0 aliphatic carbocycles. The Morgan fingerprint density at radius 3 is 2.31 bits per heavy atom. The molecule has 0 radical (unpaired) electrons. The minimum atomic E-state index is -3.93. The first kappa shape index (κ1) is 19.1. The van der Waals surface area contributed by atoms with Gasteiger partial charge < -0.3 is 4.74 Å². The molecule has 0 amide bonds. The van der Waals surface area contributed by atoms with Crippen LogP contribution in [0.4, 0.5) is 9.52 Å². The van der Waals surface area contributed by atoms with Crippen molar-refractivity contribution in [2.75, 3.05) is 4.72 Å². The summed E-state index contributed by atoms with van der Waals surface area (Å²) in [4.78, 5) is 3.65. The monoisotopic (exact) mass is 426 g/mol. The number of rotatable bonds is 6. The Morgan fingerprint density at radius 1 is 0.931 bits per heavy atom. The maximum Gasteiger partial charge on any atom is 0.263 e. The number of hydrogen-bond donors (Lipinski definition) is 1. The van der Waals surface area contributed by atoms with Gasteiger partial charge in [0.15, 0.2) is 16.7 Å². The highest BCUT2D eigenvalue weighted by atomic mass is 32.2. The molecule has 4 aromatic rings. The number of thiazole rings is 1. The minimum absolute atomic E-state index is 0.0642. The van der Waals surface area contributed by atoms with Gasteiger partial charge in [0, 0.05) is 11.6 Å². The molecule has 1 N–H and O–H groups in total. The highest BCUT2D eigenvalue weighted by Crippen LogP contribution is 2.29. The normalized spacial score (nSPS) is 11.2. The van der Waals surface area contributed by atoms with Crippen molar-refractivity contribution >= 4 is 26.5 Å². The van der Waals surface area contributed by atoms with Crippen LogP contribution < -0.4 is 9.46 Å². The van der Waals surface area contributed by atoms with E-state index in [4.69, 9.17) is 4.74 Å². The van der Waals surface area contributed by atoms with Gasteiger partial charge in [0.05, 0.1) is 4.90 Å². The summed E-state index contributed by atoms with van der Waals surface area (Å²) in [6.45, 7) is 0. The SMILES string of the molecule is O=S(=O)(Nc1nccs1)c1ccc(Oc2ccc(-c3ccccc3)cc2)c(F)c1. The number of nitrogens with one attached hydrogen (secondary N) is 1. The van der Waals surface area contributed by atoms with Crippen LogP contribution in [0.15, 0.2) is 89.3 Å². The van der Waals surface area contributed by atoms with E-state index in [1.807, 2.05) is 42.5 Å². The quantitative estimate of drug-likeness (QED) is 0.439. The summed E-state index contributed by atoms with van der Waals surface area (Å²) in [5.41, 5.74) is 2.07. The van der Waals surface area contributed by atoms with Gasteiger partial charge in [0.1, 0.15) is 5.75 Å². The van der Waals surface area contributed by atoms with Crippen molar-refractivity contribution in [3.63, 3.8) is 0 Å². The van der Waals surface area contributed by atoms with E-state index in [9.17, 15) is 12.8 Å². The molecule has 0 atom stereocenters. The molecular formula is C21H15FN2O3S2. The lowest BCUT2D eigenvalue weighted by Gasteiger charge is -2.10. The van der Waals surface area contributed by atoms with E-state index in [-0.39, 0.29) is 15.8 Å². The van der Waals surface area contributed by atoms with Crippen molar-refractivity contribution in [3.05, 3.63) is 90.2 Å². The van der Waals surface area contributed by atoms with Gasteiger partial charge in [0.25, 0.3) is 10.0 Å². The highest BCUT2D eigenvalue weighted by Gasteiger charge is 2.18. The number of sulfonamides is 1. The molecule has 0 saturated heterocycles. The Balaban J connectivity index is 1.51. The van der Waals surface area contributed by atoms with Crippen LogP contribution in [0.1, 0.15) is 0 Å². The third kappa shape index (κ3) is 4.44. The molecule has 1 aromatic heterocycles. The standard InChI is InChI=1S/C21H15FN2O3S2/c22-19-14-18(29(25,26)24-21-23-12-13-28-21)10-11-20(19)27-17-8-6-16(7-9-17)15-4-2-1-3-5-15/h1-14H,(H,23,24). The average Bonchev–Trinajstić information content (AvgIpc) is 3.23. The van der Waals surface area contributed by atoms with Crippen molar-refractivity contribution in [1.29, 1.82) is 0 Å².